The van der Waals surface area contributed by atoms with Crippen LogP contribution < -0.4 is 19.5 Å². The van der Waals surface area contributed by atoms with Crippen LogP contribution in [0, 0.1) is 6.92 Å². The van der Waals surface area contributed by atoms with E-state index in [9.17, 15) is 4.79 Å². The molecule has 0 spiro atoms. The topological polar surface area (TPSA) is 56.8 Å². The number of rotatable bonds is 7. The summed E-state index contributed by atoms with van der Waals surface area (Å²) >= 11 is 0. The third kappa shape index (κ3) is 4.73. The van der Waals surface area contributed by atoms with Gasteiger partial charge in [-0.05, 0) is 60.7 Å². The van der Waals surface area contributed by atoms with Crippen molar-refractivity contribution in [2.24, 2.45) is 0 Å². The third-order valence-electron chi connectivity index (χ3n) is 4.67. The van der Waals surface area contributed by atoms with E-state index in [1.54, 1.807) is 39.5 Å². The molecule has 0 radical (unpaired) electrons. The number of amides is 1. The smallest absolute Gasteiger partial charge is 0.252 e. The van der Waals surface area contributed by atoms with Crippen LogP contribution in [0.5, 0.6) is 17.2 Å². The summed E-state index contributed by atoms with van der Waals surface area (Å²) in [6, 6.07) is 9.13. The van der Waals surface area contributed by atoms with E-state index in [2.05, 4.69) is 25.2 Å². The first-order valence-electron chi connectivity index (χ1n) is 9.03. The number of hydrogen-bond donors (Lipinski definition) is 1. The predicted molar refractivity (Wildman–Crippen MR) is 107 cm³/mol. The first-order chi connectivity index (χ1) is 12.8. The standard InChI is InChI=1S/C22H29NO4/c1-13(2)19-12-20(14(3)8-21(19)27-7)15(4)23-22(24)16-9-17(25-5)11-18(10-16)26-6/h8-13,15H,1-7H3,(H,23,24)/t15-/m0/s1. The summed E-state index contributed by atoms with van der Waals surface area (Å²) in [7, 11) is 4.81. The fourth-order valence-corrected chi connectivity index (χ4v) is 3.11. The quantitative estimate of drug-likeness (QED) is 0.771. The maximum atomic E-state index is 12.8. The molecule has 1 N–H and O–H groups in total. The van der Waals surface area contributed by atoms with Crippen LogP contribution in [0.15, 0.2) is 30.3 Å². The molecule has 27 heavy (non-hydrogen) atoms. The van der Waals surface area contributed by atoms with Gasteiger partial charge in [-0.25, -0.2) is 0 Å². The Morgan fingerprint density at radius 3 is 1.93 bits per heavy atom. The summed E-state index contributed by atoms with van der Waals surface area (Å²) in [4.78, 5) is 12.8. The number of nitrogens with one attached hydrogen (secondary N) is 1. The second kappa shape index (κ2) is 8.80. The molecular weight excluding hydrogens is 342 g/mol. The molecule has 2 aromatic rings. The van der Waals surface area contributed by atoms with Gasteiger partial charge in [0.15, 0.2) is 0 Å². The van der Waals surface area contributed by atoms with E-state index in [1.165, 1.54) is 0 Å². The Labute approximate surface area is 161 Å². The molecule has 0 aliphatic heterocycles. The maximum absolute atomic E-state index is 12.8. The zero-order valence-corrected chi connectivity index (χ0v) is 17.2. The maximum Gasteiger partial charge on any atom is 0.252 e. The Kier molecular flexibility index (Phi) is 6.72. The number of carbonyl (C=O) groups is 1. The molecule has 0 unspecified atom stereocenters. The van der Waals surface area contributed by atoms with E-state index in [0.717, 1.165) is 22.4 Å². The van der Waals surface area contributed by atoms with Gasteiger partial charge in [0.1, 0.15) is 17.2 Å². The lowest BCUT2D eigenvalue weighted by molar-refractivity contribution is 0.0939. The Hall–Kier alpha value is -2.69. The van der Waals surface area contributed by atoms with Crippen LogP contribution in [0.4, 0.5) is 0 Å². The van der Waals surface area contributed by atoms with Crippen molar-refractivity contribution in [1.29, 1.82) is 0 Å². The number of benzene rings is 2. The lowest BCUT2D eigenvalue weighted by Crippen LogP contribution is -2.27. The highest BCUT2D eigenvalue weighted by Crippen LogP contribution is 2.32. The Bertz CT molecular complexity index is 792. The highest BCUT2D eigenvalue weighted by molar-refractivity contribution is 5.95. The van der Waals surface area contributed by atoms with Crippen molar-refractivity contribution in [1.82, 2.24) is 5.32 Å². The largest absolute Gasteiger partial charge is 0.497 e. The minimum absolute atomic E-state index is 0.155. The van der Waals surface area contributed by atoms with Gasteiger partial charge in [-0.15, -0.1) is 0 Å². The molecule has 5 nitrogen and oxygen atoms in total. The molecule has 0 heterocycles. The molecule has 1 amide bonds. The van der Waals surface area contributed by atoms with Crippen LogP contribution >= 0.6 is 0 Å². The average Bonchev–Trinajstić information content (AvgIpc) is 2.66. The summed E-state index contributed by atoms with van der Waals surface area (Å²) < 4.78 is 16.0. The fourth-order valence-electron chi connectivity index (χ4n) is 3.11. The lowest BCUT2D eigenvalue weighted by Gasteiger charge is -2.21. The SMILES string of the molecule is COc1cc(OC)cc(C(=O)N[C@@H](C)c2cc(C(C)C)c(OC)cc2C)c1. The second-order valence-corrected chi connectivity index (χ2v) is 6.90. The number of aryl methyl sites for hydroxylation is 1. The molecule has 0 aliphatic rings. The highest BCUT2D eigenvalue weighted by atomic mass is 16.5. The van der Waals surface area contributed by atoms with Crippen LogP contribution in [-0.4, -0.2) is 27.2 Å². The van der Waals surface area contributed by atoms with Gasteiger partial charge in [0, 0.05) is 11.6 Å². The monoisotopic (exact) mass is 371 g/mol. The van der Waals surface area contributed by atoms with Crippen molar-refractivity contribution in [3.05, 3.63) is 52.6 Å². The van der Waals surface area contributed by atoms with Gasteiger partial charge in [0.25, 0.3) is 5.91 Å². The number of methoxy groups -OCH3 is 3. The van der Waals surface area contributed by atoms with Crippen molar-refractivity contribution in [3.8, 4) is 17.2 Å². The van der Waals surface area contributed by atoms with Gasteiger partial charge >= 0.3 is 0 Å². The molecule has 2 aromatic carbocycles. The van der Waals surface area contributed by atoms with Crippen molar-refractivity contribution in [2.45, 2.75) is 39.7 Å². The Morgan fingerprint density at radius 2 is 1.44 bits per heavy atom. The highest BCUT2D eigenvalue weighted by Gasteiger charge is 2.18. The van der Waals surface area contributed by atoms with Gasteiger partial charge in [0.05, 0.1) is 27.4 Å². The molecule has 0 aliphatic carbocycles. The zero-order valence-electron chi connectivity index (χ0n) is 17.2. The number of ether oxygens (including phenoxy) is 3. The van der Waals surface area contributed by atoms with Crippen LogP contribution in [0.2, 0.25) is 0 Å². The normalized spacial score (nSPS) is 11.9. The number of hydrogen-bond acceptors (Lipinski definition) is 4. The Morgan fingerprint density at radius 1 is 0.852 bits per heavy atom. The molecule has 5 heteroatoms. The summed E-state index contributed by atoms with van der Waals surface area (Å²) in [5.41, 5.74) is 3.77. The lowest BCUT2D eigenvalue weighted by atomic mass is 9.93. The molecule has 146 valence electrons. The second-order valence-electron chi connectivity index (χ2n) is 6.90. The van der Waals surface area contributed by atoms with E-state index in [-0.39, 0.29) is 11.9 Å². The molecule has 0 fully saturated rings. The molecule has 0 aromatic heterocycles. The van der Waals surface area contributed by atoms with Crippen LogP contribution in [0.25, 0.3) is 0 Å². The minimum atomic E-state index is -0.180. The first kappa shape index (κ1) is 20.6. The van der Waals surface area contributed by atoms with E-state index >= 15 is 0 Å². The molecule has 0 saturated heterocycles. The summed E-state index contributed by atoms with van der Waals surface area (Å²) in [5, 5.41) is 3.07. The minimum Gasteiger partial charge on any atom is -0.497 e. The number of carbonyl (C=O) groups excluding carboxylic acids is 1. The van der Waals surface area contributed by atoms with E-state index in [1.807, 2.05) is 19.9 Å². The van der Waals surface area contributed by atoms with E-state index in [0.29, 0.717) is 23.0 Å². The van der Waals surface area contributed by atoms with Gasteiger partial charge < -0.3 is 19.5 Å². The zero-order chi connectivity index (χ0) is 20.1. The van der Waals surface area contributed by atoms with Crippen molar-refractivity contribution in [3.63, 3.8) is 0 Å². The van der Waals surface area contributed by atoms with Gasteiger partial charge in [-0.2, -0.15) is 0 Å². The van der Waals surface area contributed by atoms with E-state index < -0.39 is 0 Å². The van der Waals surface area contributed by atoms with Crippen LogP contribution in [0.3, 0.4) is 0 Å². The van der Waals surface area contributed by atoms with Crippen LogP contribution in [0.1, 0.15) is 59.8 Å². The summed E-state index contributed by atoms with van der Waals surface area (Å²) in [6.45, 7) is 8.26. The molecule has 1 atom stereocenters. The van der Waals surface area contributed by atoms with Crippen molar-refractivity contribution >= 4 is 5.91 Å². The van der Waals surface area contributed by atoms with Crippen molar-refractivity contribution in [2.75, 3.05) is 21.3 Å². The molecular formula is C22H29NO4. The third-order valence-corrected chi connectivity index (χ3v) is 4.67. The first-order valence-corrected chi connectivity index (χ1v) is 9.03. The van der Waals surface area contributed by atoms with Crippen LogP contribution in [-0.2, 0) is 0 Å². The molecule has 0 bridgehead atoms. The van der Waals surface area contributed by atoms with E-state index in [4.69, 9.17) is 14.2 Å². The fraction of sp³-hybridized carbons (Fsp3) is 0.409. The predicted octanol–water partition coefficient (Wildman–Crippen LogP) is 4.64. The van der Waals surface area contributed by atoms with Gasteiger partial charge in [-0.1, -0.05) is 13.8 Å². The molecule has 2 rings (SSSR count). The summed E-state index contributed by atoms with van der Waals surface area (Å²) in [6.07, 6.45) is 0. The van der Waals surface area contributed by atoms with Crippen molar-refractivity contribution < 1.29 is 19.0 Å². The Balaban J connectivity index is 2.30. The summed E-state index contributed by atoms with van der Waals surface area (Å²) in [5.74, 6) is 2.18. The van der Waals surface area contributed by atoms with Gasteiger partial charge in [-0.3, -0.25) is 4.79 Å². The van der Waals surface area contributed by atoms with Gasteiger partial charge in [0.2, 0.25) is 0 Å². The molecule has 0 saturated carbocycles. The average molecular weight is 371 g/mol.